The molecular weight excluding hydrogens is 290 g/mol. The van der Waals surface area contributed by atoms with Crippen LogP contribution in [-0.4, -0.2) is 46.0 Å². The lowest BCUT2D eigenvalue weighted by molar-refractivity contribution is 0.407. The molecular formula is C14H25N3O3S. The molecule has 0 aliphatic rings. The Kier molecular flexibility index (Phi) is 6.44. The van der Waals surface area contributed by atoms with Gasteiger partial charge in [0.25, 0.3) is 0 Å². The molecule has 7 heteroatoms. The van der Waals surface area contributed by atoms with E-state index in [0.29, 0.717) is 30.9 Å². The van der Waals surface area contributed by atoms with E-state index in [-0.39, 0.29) is 6.04 Å². The third-order valence-corrected chi connectivity index (χ3v) is 5.38. The van der Waals surface area contributed by atoms with Gasteiger partial charge in [0.2, 0.25) is 0 Å². The lowest BCUT2D eigenvalue weighted by Crippen LogP contribution is -2.45. The minimum Gasteiger partial charge on any atom is -0.497 e. The van der Waals surface area contributed by atoms with Crippen LogP contribution in [0.3, 0.4) is 0 Å². The van der Waals surface area contributed by atoms with Gasteiger partial charge in [-0.1, -0.05) is 6.07 Å². The SMILES string of the molecule is COc1cccc(N(CCCN)S(=O)(=O)N(C)C(C)C)c1. The topological polar surface area (TPSA) is 75.9 Å². The fourth-order valence-corrected chi connectivity index (χ4v) is 3.38. The molecule has 1 rings (SSSR count). The lowest BCUT2D eigenvalue weighted by atomic mass is 10.3. The number of ether oxygens (including phenoxy) is 1. The van der Waals surface area contributed by atoms with Crippen LogP contribution < -0.4 is 14.8 Å². The van der Waals surface area contributed by atoms with Gasteiger partial charge in [0.1, 0.15) is 5.75 Å². The van der Waals surface area contributed by atoms with E-state index in [9.17, 15) is 8.42 Å². The summed E-state index contributed by atoms with van der Waals surface area (Å²) < 4.78 is 33.4. The number of benzene rings is 1. The summed E-state index contributed by atoms with van der Waals surface area (Å²) in [6.45, 7) is 4.44. The Morgan fingerprint density at radius 3 is 2.52 bits per heavy atom. The Labute approximate surface area is 127 Å². The van der Waals surface area contributed by atoms with Crippen LogP contribution in [0.5, 0.6) is 5.75 Å². The minimum atomic E-state index is -3.60. The molecule has 120 valence electrons. The maximum Gasteiger partial charge on any atom is 0.304 e. The first kappa shape index (κ1) is 17.7. The molecule has 0 aliphatic carbocycles. The van der Waals surface area contributed by atoms with Crippen molar-refractivity contribution in [3.8, 4) is 5.75 Å². The van der Waals surface area contributed by atoms with Gasteiger partial charge in [-0.05, 0) is 38.9 Å². The van der Waals surface area contributed by atoms with Gasteiger partial charge in [-0.2, -0.15) is 12.7 Å². The summed E-state index contributed by atoms with van der Waals surface area (Å²) in [4.78, 5) is 0. The Hall–Kier alpha value is -1.31. The molecule has 6 nitrogen and oxygen atoms in total. The highest BCUT2D eigenvalue weighted by atomic mass is 32.2. The second-order valence-corrected chi connectivity index (χ2v) is 6.95. The van der Waals surface area contributed by atoms with E-state index in [1.54, 1.807) is 38.4 Å². The molecule has 0 aromatic heterocycles. The fourth-order valence-electron chi connectivity index (χ4n) is 1.80. The molecule has 0 bridgehead atoms. The van der Waals surface area contributed by atoms with Crippen molar-refractivity contribution in [1.82, 2.24) is 4.31 Å². The molecule has 0 unspecified atom stereocenters. The van der Waals surface area contributed by atoms with Crippen LogP contribution in [0.2, 0.25) is 0 Å². The van der Waals surface area contributed by atoms with Crippen LogP contribution in [-0.2, 0) is 10.2 Å². The largest absolute Gasteiger partial charge is 0.497 e. The highest BCUT2D eigenvalue weighted by Crippen LogP contribution is 2.25. The highest BCUT2D eigenvalue weighted by molar-refractivity contribution is 7.90. The summed E-state index contributed by atoms with van der Waals surface area (Å²) in [6.07, 6.45) is 0.586. The first-order valence-electron chi connectivity index (χ1n) is 6.94. The van der Waals surface area contributed by atoms with E-state index < -0.39 is 10.2 Å². The molecule has 1 aromatic carbocycles. The second-order valence-electron chi connectivity index (χ2n) is 5.03. The molecule has 21 heavy (non-hydrogen) atoms. The van der Waals surface area contributed by atoms with Crippen LogP contribution in [0.1, 0.15) is 20.3 Å². The van der Waals surface area contributed by atoms with Gasteiger partial charge in [0.05, 0.1) is 12.8 Å². The summed E-state index contributed by atoms with van der Waals surface area (Å²) in [5.41, 5.74) is 6.11. The average Bonchev–Trinajstić information content (AvgIpc) is 2.46. The van der Waals surface area contributed by atoms with E-state index >= 15 is 0 Å². The third kappa shape index (κ3) is 4.33. The van der Waals surface area contributed by atoms with Crippen LogP contribution in [0.15, 0.2) is 24.3 Å². The zero-order valence-corrected chi connectivity index (χ0v) is 13.9. The number of hydrogen-bond acceptors (Lipinski definition) is 4. The van der Waals surface area contributed by atoms with Crippen molar-refractivity contribution in [1.29, 1.82) is 0 Å². The summed E-state index contributed by atoms with van der Waals surface area (Å²) in [5, 5.41) is 0. The van der Waals surface area contributed by atoms with Gasteiger partial charge in [-0.3, -0.25) is 4.31 Å². The molecule has 0 fully saturated rings. The summed E-state index contributed by atoms with van der Waals surface area (Å²) >= 11 is 0. The molecule has 1 aromatic rings. The molecule has 0 saturated carbocycles. The van der Waals surface area contributed by atoms with Gasteiger partial charge in [0.15, 0.2) is 0 Å². The maximum atomic E-state index is 12.7. The average molecular weight is 315 g/mol. The van der Waals surface area contributed by atoms with Crippen LogP contribution in [0, 0.1) is 0 Å². The molecule has 0 atom stereocenters. The molecule has 0 amide bonds. The standard InChI is InChI=1S/C14H25N3O3S/c1-12(2)16(3)21(18,19)17(10-6-9-15)13-7-5-8-14(11-13)20-4/h5,7-8,11-12H,6,9-10,15H2,1-4H3. The summed E-state index contributed by atoms with van der Waals surface area (Å²) in [6, 6.07) is 6.89. The van der Waals surface area contributed by atoms with E-state index in [1.807, 2.05) is 13.8 Å². The second kappa shape index (κ2) is 7.63. The van der Waals surface area contributed by atoms with Gasteiger partial charge in [-0.15, -0.1) is 0 Å². The van der Waals surface area contributed by atoms with Crippen molar-refractivity contribution in [3.05, 3.63) is 24.3 Å². The number of hydrogen-bond donors (Lipinski definition) is 1. The van der Waals surface area contributed by atoms with Crippen molar-refractivity contribution in [3.63, 3.8) is 0 Å². The Balaban J connectivity index is 3.21. The fraction of sp³-hybridized carbons (Fsp3) is 0.571. The van der Waals surface area contributed by atoms with Crippen molar-refractivity contribution >= 4 is 15.9 Å². The monoisotopic (exact) mass is 315 g/mol. The van der Waals surface area contributed by atoms with E-state index in [0.717, 1.165) is 0 Å². The molecule has 0 heterocycles. The number of nitrogens with zero attached hydrogens (tertiary/aromatic N) is 2. The van der Waals surface area contributed by atoms with Crippen LogP contribution >= 0.6 is 0 Å². The third-order valence-electron chi connectivity index (χ3n) is 3.28. The van der Waals surface area contributed by atoms with Crippen LogP contribution in [0.4, 0.5) is 5.69 Å². The van der Waals surface area contributed by atoms with Gasteiger partial charge in [0, 0.05) is 25.7 Å². The number of nitrogens with two attached hydrogens (primary N) is 1. The minimum absolute atomic E-state index is 0.124. The predicted octanol–water partition coefficient (Wildman–Crippen LogP) is 1.44. The lowest BCUT2D eigenvalue weighted by Gasteiger charge is -2.31. The quantitative estimate of drug-likeness (QED) is 0.787. The van der Waals surface area contributed by atoms with Crippen molar-refractivity contribution < 1.29 is 13.2 Å². The molecule has 2 N–H and O–H groups in total. The Morgan fingerprint density at radius 2 is 2.00 bits per heavy atom. The van der Waals surface area contributed by atoms with E-state index in [1.165, 1.54) is 8.61 Å². The zero-order chi connectivity index (χ0) is 16.0. The number of methoxy groups -OCH3 is 1. The van der Waals surface area contributed by atoms with E-state index in [4.69, 9.17) is 10.5 Å². The summed E-state index contributed by atoms with van der Waals surface area (Å²) in [5.74, 6) is 0.618. The normalized spacial score (nSPS) is 12.0. The Morgan fingerprint density at radius 1 is 1.33 bits per heavy atom. The smallest absolute Gasteiger partial charge is 0.304 e. The zero-order valence-electron chi connectivity index (χ0n) is 13.1. The van der Waals surface area contributed by atoms with Crippen LogP contribution in [0.25, 0.3) is 0 Å². The predicted molar refractivity (Wildman–Crippen MR) is 85.8 cm³/mol. The van der Waals surface area contributed by atoms with Gasteiger partial charge < -0.3 is 10.5 Å². The summed E-state index contributed by atoms with van der Waals surface area (Å²) in [7, 11) is -0.462. The first-order chi connectivity index (χ1) is 9.84. The highest BCUT2D eigenvalue weighted by Gasteiger charge is 2.28. The first-order valence-corrected chi connectivity index (χ1v) is 8.34. The van der Waals surface area contributed by atoms with Crippen molar-refractivity contribution in [2.45, 2.75) is 26.3 Å². The van der Waals surface area contributed by atoms with Gasteiger partial charge >= 0.3 is 10.2 Å². The number of anilines is 1. The molecule has 0 spiro atoms. The number of rotatable bonds is 8. The van der Waals surface area contributed by atoms with E-state index in [2.05, 4.69) is 0 Å². The van der Waals surface area contributed by atoms with Crippen molar-refractivity contribution in [2.24, 2.45) is 5.73 Å². The Bertz CT molecular complexity index is 546. The van der Waals surface area contributed by atoms with Gasteiger partial charge in [-0.25, -0.2) is 0 Å². The molecule has 0 aliphatic heterocycles. The van der Waals surface area contributed by atoms with Crippen molar-refractivity contribution in [2.75, 3.05) is 31.6 Å². The maximum absolute atomic E-state index is 12.7. The molecule has 0 saturated heterocycles. The molecule has 0 radical (unpaired) electrons.